The van der Waals surface area contributed by atoms with Crippen LogP contribution in [0.3, 0.4) is 0 Å². The van der Waals surface area contributed by atoms with Crippen molar-refractivity contribution >= 4 is 26.5 Å². The van der Waals surface area contributed by atoms with E-state index >= 15 is 0 Å². The molecule has 2 aromatic heterocycles. The van der Waals surface area contributed by atoms with E-state index < -0.39 is 15.8 Å². The minimum atomic E-state index is -3.89. The van der Waals surface area contributed by atoms with Gasteiger partial charge in [-0.3, -0.25) is 9.71 Å². The Morgan fingerprint density at radius 1 is 1.47 bits per heavy atom. The third-order valence-corrected chi connectivity index (χ3v) is 4.41. The van der Waals surface area contributed by atoms with Gasteiger partial charge in [0, 0.05) is 17.6 Å². The van der Waals surface area contributed by atoms with Crippen LogP contribution < -0.4 is 10.5 Å². The molecule has 0 radical (unpaired) electrons. The maximum absolute atomic E-state index is 13.0. The summed E-state index contributed by atoms with van der Waals surface area (Å²) in [6.07, 6.45) is 1.99. The summed E-state index contributed by atoms with van der Waals surface area (Å²) in [5.74, 6) is -0.724. The largest absolute Gasteiger partial charge is 0.323 e. The van der Waals surface area contributed by atoms with E-state index in [4.69, 9.17) is 5.73 Å². The van der Waals surface area contributed by atoms with E-state index in [1.807, 2.05) is 0 Å². The van der Waals surface area contributed by atoms with Crippen LogP contribution in [0.1, 0.15) is 18.7 Å². The van der Waals surface area contributed by atoms with Crippen LogP contribution >= 0.6 is 11.3 Å². The van der Waals surface area contributed by atoms with Crippen molar-refractivity contribution < 1.29 is 12.8 Å². The lowest BCUT2D eigenvalue weighted by Gasteiger charge is -2.04. The maximum atomic E-state index is 13.0. The van der Waals surface area contributed by atoms with Crippen molar-refractivity contribution in [3.63, 3.8) is 0 Å². The number of nitrogens with two attached hydrogens (primary N) is 1. The number of pyridine rings is 1. The van der Waals surface area contributed by atoms with Crippen LogP contribution in [0.4, 0.5) is 9.52 Å². The average molecular weight is 302 g/mol. The molecule has 1 unspecified atom stereocenters. The van der Waals surface area contributed by atoms with Crippen LogP contribution in [0.25, 0.3) is 0 Å². The molecule has 0 spiro atoms. The molecule has 3 N–H and O–H groups in total. The van der Waals surface area contributed by atoms with E-state index in [-0.39, 0.29) is 16.1 Å². The van der Waals surface area contributed by atoms with E-state index in [1.165, 1.54) is 0 Å². The van der Waals surface area contributed by atoms with Gasteiger partial charge in [-0.15, -0.1) is 11.3 Å². The maximum Gasteiger partial charge on any atom is 0.265 e. The van der Waals surface area contributed by atoms with Gasteiger partial charge in [0.2, 0.25) is 0 Å². The van der Waals surface area contributed by atoms with E-state index in [0.29, 0.717) is 5.69 Å². The Morgan fingerprint density at radius 3 is 2.79 bits per heavy atom. The Labute approximate surface area is 113 Å². The quantitative estimate of drug-likeness (QED) is 0.892. The van der Waals surface area contributed by atoms with Crippen molar-refractivity contribution in [3.05, 3.63) is 35.4 Å². The number of nitrogens with zero attached hydrogens (tertiary/aromatic N) is 2. The number of thiazole rings is 1. The summed E-state index contributed by atoms with van der Waals surface area (Å²) in [5, 5.41) is 1.84. The lowest BCUT2D eigenvalue weighted by atomic mass is 10.3. The Bertz CT molecular complexity index is 684. The normalized spacial score (nSPS) is 13.2. The average Bonchev–Trinajstić information content (AvgIpc) is 2.77. The fourth-order valence-electron chi connectivity index (χ4n) is 1.26. The van der Waals surface area contributed by atoms with Gasteiger partial charge in [-0.05, 0) is 13.0 Å². The van der Waals surface area contributed by atoms with Gasteiger partial charge in [0.05, 0.1) is 11.9 Å². The van der Waals surface area contributed by atoms with Crippen LogP contribution in [-0.2, 0) is 10.0 Å². The standard InChI is InChI=1S/C10H11FN4O2S2/c1-6(12)9-5-18-10(14-9)15-19(16,17)8-2-7(11)3-13-4-8/h2-6H,12H2,1H3,(H,14,15). The van der Waals surface area contributed by atoms with Gasteiger partial charge in [0.1, 0.15) is 10.7 Å². The van der Waals surface area contributed by atoms with Gasteiger partial charge < -0.3 is 5.73 Å². The summed E-state index contributed by atoms with van der Waals surface area (Å²) in [5.41, 5.74) is 6.21. The minimum absolute atomic E-state index is 0.177. The van der Waals surface area contributed by atoms with Gasteiger partial charge in [0.15, 0.2) is 5.13 Å². The van der Waals surface area contributed by atoms with Crippen molar-refractivity contribution in [2.24, 2.45) is 5.73 Å². The van der Waals surface area contributed by atoms with Crippen LogP contribution in [0.15, 0.2) is 28.7 Å². The smallest absolute Gasteiger partial charge is 0.265 e. The van der Waals surface area contributed by atoms with Crippen molar-refractivity contribution in [2.75, 3.05) is 4.72 Å². The fraction of sp³-hybridized carbons (Fsp3) is 0.200. The van der Waals surface area contributed by atoms with Gasteiger partial charge in [-0.25, -0.2) is 17.8 Å². The van der Waals surface area contributed by atoms with Crippen molar-refractivity contribution in [1.29, 1.82) is 0 Å². The molecule has 0 saturated heterocycles. The summed E-state index contributed by atoms with van der Waals surface area (Å²) in [7, 11) is -3.89. The first-order chi connectivity index (χ1) is 8.88. The molecule has 2 rings (SSSR count). The molecular formula is C10H11FN4O2S2. The number of rotatable bonds is 4. The topological polar surface area (TPSA) is 98.0 Å². The summed E-state index contributed by atoms with van der Waals surface area (Å²) in [6.45, 7) is 1.74. The fourth-order valence-corrected chi connectivity index (χ4v) is 3.30. The molecule has 0 bridgehead atoms. The molecule has 0 fully saturated rings. The first-order valence-electron chi connectivity index (χ1n) is 5.23. The highest BCUT2D eigenvalue weighted by atomic mass is 32.2. The van der Waals surface area contributed by atoms with Gasteiger partial charge >= 0.3 is 0 Å². The van der Waals surface area contributed by atoms with Crippen molar-refractivity contribution in [2.45, 2.75) is 17.9 Å². The molecule has 0 aliphatic heterocycles. The summed E-state index contributed by atoms with van der Waals surface area (Å²) in [4.78, 5) is 7.27. The van der Waals surface area contributed by atoms with Gasteiger partial charge in [0.25, 0.3) is 10.0 Å². The van der Waals surface area contributed by atoms with E-state index in [2.05, 4.69) is 14.7 Å². The zero-order valence-electron chi connectivity index (χ0n) is 9.87. The van der Waals surface area contributed by atoms with Gasteiger partial charge in [-0.2, -0.15) is 0 Å². The number of hydrogen-bond acceptors (Lipinski definition) is 6. The van der Waals surface area contributed by atoms with E-state index in [1.54, 1.807) is 12.3 Å². The summed E-state index contributed by atoms with van der Waals surface area (Å²) >= 11 is 1.11. The van der Waals surface area contributed by atoms with Crippen LogP contribution in [-0.4, -0.2) is 18.4 Å². The predicted molar refractivity (Wildman–Crippen MR) is 69.7 cm³/mol. The molecule has 2 aromatic rings. The number of sulfonamides is 1. The second-order valence-electron chi connectivity index (χ2n) is 3.81. The second kappa shape index (κ2) is 5.19. The Hall–Kier alpha value is -1.58. The van der Waals surface area contributed by atoms with Crippen molar-refractivity contribution in [1.82, 2.24) is 9.97 Å². The summed E-state index contributed by atoms with van der Waals surface area (Å²) < 4.78 is 39.1. The van der Waals surface area contributed by atoms with E-state index in [9.17, 15) is 12.8 Å². The Kier molecular flexibility index (Phi) is 3.78. The third-order valence-electron chi connectivity index (χ3n) is 2.20. The predicted octanol–water partition coefficient (Wildman–Crippen LogP) is 1.50. The SMILES string of the molecule is CC(N)c1csc(NS(=O)(=O)c2cncc(F)c2)n1. The van der Waals surface area contributed by atoms with Gasteiger partial charge in [-0.1, -0.05) is 0 Å². The molecule has 0 saturated carbocycles. The zero-order valence-corrected chi connectivity index (χ0v) is 11.5. The number of aromatic nitrogens is 2. The molecule has 0 aliphatic carbocycles. The highest BCUT2D eigenvalue weighted by Crippen LogP contribution is 2.22. The van der Waals surface area contributed by atoms with Crippen LogP contribution in [0.2, 0.25) is 0 Å². The number of halogens is 1. The molecule has 9 heteroatoms. The van der Waals surface area contributed by atoms with E-state index in [0.717, 1.165) is 29.8 Å². The Morgan fingerprint density at radius 2 is 2.21 bits per heavy atom. The second-order valence-corrected chi connectivity index (χ2v) is 6.35. The molecule has 0 aromatic carbocycles. The molecule has 1 atom stereocenters. The molecule has 6 nitrogen and oxygen atoms in total. The molecule has 0 aliphatic rings. The monoisotopic (exact) mass is 302 g/mol. The molecule has 2 heterocycles. The number of anilines is 1. The summed E-state index contributed by atoms with van der Waals surface area (Å²) in [6, 6.07) is 0.598. The zero-order chi connectivity index (χ0) is 14.0. The van der Waals surface area contributed by atoms with Crippen LogP contribution in [0, 0.1) is 5.82 Å². The first kappa shape index (κ1) is 13.8. The third kappa shape index (κ3) is 3.25. The lowest BCUT2D eigenvalue weighted by molar-refractivity contribution is 0.592. The molecule has 102 valence electrons. The molecule has 19 heavy (non-hydrogen) atoms. The van der Waals surface area contributed by atoms with Crippen molar-refractivity contribution in [3.8, 4) is 0 Å². The Balaban J connectivity index is 2.26. The van der Waals surface area contributed by atoms with Crippen LogP contribution in [0.5, 0.6) is 0 Å². The number of hydrogen-bond donors (Lipinski definition) is 2. The number of nitrogens with one attached hydrogen (secondary N) is 1. The first-order valence-corrected chi connectivity index (χ1v) is 7.59. The highest BCUT2D eigenvalue weighted by molar-refractivity contribution is 7.93. The minimum Gasteiger partial charge on any atom is -0.323 e. The highest BCUT2D eigenvalue weighted by Gasteiger charge is 2.17. The lowest BCUT2D eigenvalue weighted by Crippen LogP contribution is -2.14. The molecular weight excluding hydrogens is 291 g/mol. The molecule has 0 amide bonds.